The number of hydrogen-bond donors (Lipinski definition) is 0. The van der Waals surface area contributed by atoms with Gasteiger partial charge >= 0.3 is 0 Å². The van der Waals surface area contributed by atoms with E-state index in [0.29, 0.717) is 0 Å². The molecule has 0 spiro atoms. The zero-order chi connectivity index (χ0) is 10.1. The van der Waals surface area contributed by atoms with E-state index in [2.05, 4.69) is 52.5 Å². The molecule has 0 unspecified atom stereocenters. The molecule has 13 heavy (non-hydrogen) atoms. The van der Waals surface area contributed by atoms with Gasteiger partial charge < -0.3 is 0 Å². The number of hydrogen-bond acceptors (Lipinski definition) is 0. The topological polar surface area (TPSA) is 0 Å². The predicted molar refractivity (Wildman–Crippen MR) is 59.6 cm³/mol. The van der Waals surface area contributed by atoms with E-state index in [1.165, 1.54) is 5.57 Å². The van der Waals surface area contributed by atoms with Gasteiger partial charge in [-0.3, -0.25) is 0 Å². The van der Waals surface area contributed by atoms with Gasteiger partial charge in [-0.05, 0) is 22.8 Å². The van der Waals surface area contributed by atoms with Crippen molar-refractivity contribution >= 4 is 0 Å². The molecule has 1 rings (SSSR count). The van der Waals surface area contributed by atoms with Crippen LogP contribution in [0.2, 0.25) is 0 Å². The molecule has 0 saturated carbocycles. The monoisotopic (exact) mass is 176 g/mol. The largest absolute Gasteiger partial charge is 0.103 e. The average molecular weight is 176 g/mol. The number of allylic oxidation sites excluding steroid dienone is 5. The summed E-state index contributed by atoms with van der Waals surface area (Å²) in [5.74, 6) is 0. The third-order valence-corrected chi connectivity index (χ3v) is 3.30. The summed E-state index contributed by atoms with van der Waals surface area (Å²) in [6.45, 7) is 12.9. The normalized spacial score (nSPS) is 23.8. The van der Waals surface area contributed by atoms with E-state index in [1.807, 2.05) is 6.08 Å². The Labute approximate surface area is 82.0 Å². The molecule has 0 aromatic carbocycles. The molecule has 0 nitrogen and oxygen atoms in total. The van der Waals surface area contributed by atoms with Crippen LogP contribution in [0.5, 0.6) is 0 Å². The van der Waals surface area contributed by atoms with Crippen LogP contribution in [-0.4, -0.2) is 0 Å². The molecule has 1 aliphatic carbocycles. The van der Waals surface area contributed by atoms with Crippen LogP contribution in [0.4, 0.5) is 0 Å². The van der Waals surface area contributed by atoms with E-state index in [9.17, 15) is 0 Å². The fourth-order valence-electron chi connectivity index (χ4n) is 1.52. The maximum atomic E-state index is 3.76. The summed E-state index contributed by atoms with van der Waals surface area (Å²) in [6.07, 6.45) is 9.86. The van der Waals surface area contributed by atoms with Gasteiger partial charge in [0.05, 0.1) is 0 Å². The molecule has 0 atom stereocenters. The van der Waals surface area contributed by atoms with Crippen molar-refractivity contribution in [3.8, 4) is 0 Å². The van der Waals surface area contributed by atoms with Gasteiger partial charge in [0.1, 0.15) is 0 Å². The highest BCUT2D eigenvalue weighted by molar-refractivity contribution is 5.31. The molecular formula is C13H20. The second-order valence-corrected chi connectivity index (χ2v) is 4.99. The summed E-state index contributed by atoms with van der Waals surface area (Å²) in [6, 6.07) is 0. The first-order valence-corrected chi connectivity index (χ1v) is 4.91. The zero-order valence-electron chi connectivity index (χ0n) is 9.22. The minimum absolute atomic E-state index is 0.250. The summed E-state index contributed by atoms with van der Waals surface area (Å²) in [5, 5.41) is 0. The molecular weight excluding hydrogens is 156 g/mol. The zero-order valence-corrected chi connectivity index (χ0v) is 9.22. The molecule has 0 aromatic heterocycles. The molecule has 0 saturated heterocycles. The maximum Gasteiger partial charge on any atom is -0.00832 e. The molecule has 1 aliphatic rings. The van der Waals surface area contributed by atoms with Crippen molar-refractivity contribution in [3.05, 3.63) is 36.5 Å². The van der Waals surface area contributed by atoms with Crippen molar-refractivity contribution in [2.75, 3.05) is 0 Å². The summed E-state index contributed by atoms with van der Waals surface area (Å²) in [4.78, 5) is 0. The average Bonchev–Trinajstić information content (AvgIpc) is 1.98. The minimum atomic E-state index is 0.250. The first-order chi connectivity index (χ1) is 5.89. The van der Waals surface area contributed by atoms with Gasteiger partial charge in [0.25, 0.3) is 0 Å². The van der Waals surface area contributed by atoms with Gasteiger partial charge in [-0.1, -0.05) is 52.0 Å². The smallest absolute Gasteiger partial charge is 0.00832 e. The first-order valence-electron chi connectivity index (χ1n) is 4.91. The summed E-state index contributed by atoms with van der Waals surface area (Å²) >= 11 is 0. The van der Waals surface area contributed by atoms with Gasteiger partial charge in [-0.15, -0.1) is 6.58 Å². The standard InChI is InChI=1S/C13H20/c1-6-7-11-8-9-12(2,3)13(4,5)10-11/h6,8-10H,1,7H2,2-5H3. The highest BCUT2D eigenvalue weighted by Gasteiger charge is 2.34. The van der Waals surface area contributed by atoms with E-state index in [0.717, 1.165) is 6.42 Å². The molecule has 0 heteroatoms. The van der Waals surface area contributed by atoms with Gasteiger partial charge in [0.15, 0.2) is 0 Å². The van der Waals surface area contributed by atoms with Crippen molar-refractivity contribution in [1.29, 1.82) is 0 Å². The Morgan fingerprint density at radius 2 is 1.85 bits per heavy atom. The van der Waals surface area contributed by atoms with Gasteiger partial charge in [0, 0.05) is 0 Å². The Morgan fingerprint density at radius 3 is 2.31 bits per heavy atom. The Kier molecular flexibility index (Phi) is 2.51. The van der Waals surface area contributed by atoms with E-state index < -0.39 is 0 Å². The molecule has 0 amide bonds. The fraction of sp³-hybridized carbons (Fsp3) is 0.538. The summed E-state index contributed by atoms with van der Waals surface area (Å²) in [5.41, 5.74) is 1.90. The highest BCUT2D eigenvalue weighted by Crippen LogP contribution is 2.44. The lowest BCUT2D eigenvalue weighted by molar-refractivity contribution is 0.227. The van der Waals surface area contributed by atoms with Gasteiger partial charge in [-0.25, -0.2) is 0 Å². The third kappa shape index (κ3) is 1.93. The van der Waals surface area contributed by atoms with E-state index >= 15 is 0 Å². The second-order valence-electron chi connectivity index (χ2n) is 4.99. The number of rotatable bonds is 2. The molecule has 0 aromatic rings. The van der Waals surface area contributed by atoms with E-state index in [1.54, 1.807) is 0 Å². The van der Waals surface area contributed by atoms with Gasteiger partial charge in [0.2, 0.25) is 0 Å². The molecule has 0 N–H and O–H groups in total. The fourth-order valence-corrected chi connectivity index (χ4v) is 1.52. The molecule has 0 fully saturated rings. The molecule has 0 bridgehead atoms. The van der Waals surface area contributed by atoms with Crippen LogP contribution in [0, 0.1) is 10.8 Å². The summed E-state index contributed by atoms with van der Waals surface area (Å²) in [7, 11) is 0. The van der Waals surface area contributed by atoms with Crippen LogP contribution >= 0.6 is 0 Å². The van der Waals surface area contributed by atoms with Crippen LogP contribution in [0.1, 0.15) is 34.1 Å². The van der Waals surface area contributed by atoms with E-state index in [4.69, 9.17) is 0 Å². The Morgan fingerprint density at radius 1 is 1.23 bits per heavy atom. The van der Waals surface area contributed by atoms with Crippen molar-refractivity contribution in [2.45, 2.75) is 34.1 Å². The van der Waals surface area contributed by atoms with Crippen LogP contribution in [0.25, 0.3) is 0 Å². The lowest BCUT2D eigenvalue weighted by Gasteiger charge is -2.40. The lowest BCUT2D eigenvalue weighted by atomic mass is 9.64. The second kappa shape index (κ2) is 3.17. The lowest BCUT2D eigenvalue weighted by Crippen LogP contribution is -2.30. The quantitative estimate of drug-likeness (QED) is 0.555. The maximum absolute atomic E-state index is 3.76. The van der Waals surface area contributed by atoms with Gasteiger partial charge in [-0.2, -0.15) is 0 Å². The van der Waals surface area contributed by atoms with Crippen LogP contribution in [0.15, 0.2) is 36.5 Å². The Bertz CT molecular complexity index is 262. The van der Waals surface area contributed by atoms with Crippen molar-refractivity contribution in [3.63, 3.8) is 0 Å². The van der Waals surface area contributed by atoms with Crippen LogP contribution < -0.4 is 0 Å². The van der Waals surface area contributed by atoms with Crippen LogP contribution in [0.3, 0.4) is 0 Å². The SMILES string of the molecule is C=CCC1=CC(C)(C)C(C)(C)C=C1. The highest BCUT2D eigenvalue weighted by atomic mass is 14.4. The predicted octanol–water partition coefficient (Wildman–Crippen LogP) is 4.11. The van der Waals surface area contributed by atoms with Crippen molar-refractivity contribution in [1.82, 2.24) is 0 Å². The van der Waals surface area contributed by atoms with Crippen molar-refractivity contribution < 1.29 is 0 Å². The van der Waals surface area contributed by atoms with E-state index in [-0.39, 0.29) is 10.8 Å². The van der Waals surface area contributed by atoms with Crippen LogP contribution in [-0.2, 0) is 0 Å². The van der Waals surface area contributed by atoms with Crippen molar-refractivity contribution in [2.24, 2.45) is 10.8 Å². The Balaban J connectivity index is 2.94. The third-order valence-electron chi connectivity index (χ3n) is 3.30. The molecule has 0 heterocycles. The minimum Gasteiger partial charge on any atom is -0.103 e. The first kappa shape index (κ1) is 10.3. The molecule has 0 radical (unpaired) electrons. The Hall–Kier alpha value is -0.780. The molecule has 0 aliphatic heterocycles. The summed E-state index contributed by atoms with van der Waals surface area (Å²) < 4.78 is 0. The molecule has 72 valence electrons.